The van der Waals surface area contributed by atoms with Crippen LogP contribution in [-0.2, 0) is 11.2 Å². The molecule has 0 aliphatic rings. The molecule has 2 aromatic carbocycles. The number of carbonyl (C=O) groups excluding carboxylic acids is 2. The Bertz CT molecular complexity index is 762. The van der Waals surface area contributed by atoms with Crippen molar-refractivity contribution in [1.82, 2.24) is 0 Å². The van der Waals surface area contributed by atoms with Crippen LogP contribution in [0.25, 0.3) is 0 Å². The number of rotatable bonds is 11. The van der Waals surface area contributed by atoms with Crippen LogP contribution in [0.4, 0.5) is 0 Å². The summed E-state index contributed by atoms with van der Waals surface area (Å²) in [4.78, 5) is 24.5. The summed E-state index contributed by atoms with van der Waals surface area (Å²) < 4.78 is 10.9. The van der Waals surface area contributed by atoms with Crippen molar-refractivity contribution >= 4 is 11.9 Å². The summed E-state index contributed by atoms with van der Waals surface area (Å²) in [5.41, 5.74) is 2.18. The predicted octanol–water partition coefficient (Wildman–Crippen LogP) is 6.37. The fraction of sp³-hybridized carbons (Fsp3) is 0.440. The molecule has 0 aromatic heterocycles. The number of aryl methyl sites for hydroxylation is 1. The molecule has 0 radical (unpaired) electrons. The molecule has 0 saturated heterocycles. The molecule has 0 aliphatic carbocycles. The Balaban J connectivity index is 1.87. The van der Waals surface area contributed by atoms with E-state index in [1.54, 1.807) is 36.4 Å². The van der Waals surface area contributed by atoms with E-state index in [0.29, 0.717) is 16.9 Å². The highest BCUT2D eigenvalue weighted by Gasteiger charge is 2.13. The molecule has 4 heteroatoms. The van der Waals surface area contributed by atoms with E-state index in [-0.39, 0.29) is 12.1 Å². The lowest BCUT2D eigenvalue weighted by Crippen LogP contribution is -2.15. The fourth-order valence-corrected chi connectivity index (χ4v) is 3.00. The number of hydrogen-bond acceptors (Lipinski definition) is 4. The highest BCUT2D eigenvalue weighted by atomic mass is 16.5. The van der Waals surface area contributed by atoms with E-state index >= 15 is 0 Å². The van der Waals surface area contributed by atoms with Crippen LogP contribution in [0.3, 0.4) is 0 Å². The molecular weight excluding hydrogens is 364 g/mol. The Kier molecular flexibility index (Phi) is 9.42. The van der Waals surface area contributed by atoms with E-state index in [2.05, 4.69) is 13.8 Å². The van der Waals surface area contributed by atoms with Gasteiger partial charge in [-0.1, -0.05) is 45.2 Å². The zero-order chi connectivity index (χ0) is 21.1. The lowest BCUT2D eigenvalue weighted by atomic mass is 10.1. The normalized spacial score (nSPS) is 11.7. The lowest BCUT2D eigenvalue weighted by molar-refractivity contribution is 0.0319. The van der Waals surface area contributed by atoms with Crippen molar-refractivity contribution in [3.05, 3.63) is 65.2 Å². The number of ether oxygens (including phenoxy) is 2. The Morgan fingerprint density at radius 2 is 1.38 bits per heavy atom. The molecule has 0 N–H and O–H groups in total. The highest BCUT2D eigenvalue weighted by molar-refractivity contribution is 5.92. The minimum absolute atomic E-state index is 0.105. The first kappa shape index (κ1) is 22.7. The van der Waals surface area contributed by atoms with Gasteiger partial charge in [-0.05, 0) is 74.6 Å². The van der Waals surface area contributed by atoms with Crippen LogP contribution in [-0.4, -0.2) is 18.0 Å². The molecule has 156 valence electrons. The maximum absolute atomic E-state index is 12.3. The van der Waals surface area contributed by atoms with E-state index in [4.69, 9.17) is 9.47 Å². The first-order valence-electron chi connectivity index (χ1n) is 10.7. The van der Waals surface area contributed by atoms with Gasteiger partial charge >= 0.3 is 11.9 Å². The van der Waals surface area contributed by atoms with Gasteiger partial charge in [0.1, 0.15) is 5.75 Å². The molecule has 0 amide bonds. The largest absolute Gasteiger partial charge is 0.459 e. The zero-order valence-electron chi connectivity index (χ0n) is 17.8. The average molecular weight is 397 g/mol. The molecular formula is C25H32O4. The molecule has 0 aliphatic heterocycles. The average Bonchev–Trinajstić information content (AvgIpc) is 2.73. The third-order valence-corrected chi connectivity index (χ3v) is 4.83. The van der Waals surface area contributed by atoms with E-state index in [9.17, 15) is 9.59 Å². The monoisotopic (exact) mass is 396 g/mol. The molecule has 0 heterocycles. The van der Waals surface area contributed by atoms with Crippen molar-refractivity contribution in [1.29, 1.82) is 0 Å². The Morgan fingerprint density at radius 1 is 0.793 bits per heavy atom. The zero-order valence-corrected chi connectivity index (χ0v) is 17.8. The van der Waals surface area contributed by atoms with Gasteiger partial charge < -0.3 is 9.47 Å². The van der Waals surface area contributed by atoms with Gasteiger partial charge in [0, 0.05) is 0 Å². The van der Waals surface area contributed by atoms with Crippen LogP contribution >= 0.6 is 0 Å². The first-order valence-corrected chi connectivity index (χ1v) is 10.7. The molecule has 1 unspecified atom stereocenters. The SMILES string of the molecule is CCCCCC(C)OC(=O)c1ccc(OC(=O)c2ccc(CCCC)cc2)cc1. The second-order valence-electron chi connectivity index (χ2n) is 7.43. The summed E-state index contributed by atoms with van der Waals surface area (Å²) in [6, 6.07) is 14.0. The van der Waals surface area contributed by atoms with Crippen LogP contribution in [0, 0.1) is 0 Å². The second kappa shape index (κ2) is 12.1. The van der Waals surface area contributed by atoms with Gasteiger partial charge in [-0.15, -0.1) is 0 Å². The second-order valence-corrected chi connectivity index (χ2v) is 7.43. The molecule has 0 saturated carbocycles. The van der Waals surface area contributed by atoms with Crippen LogP contribution in [0.5, 0.6) is 5.75 Å². The number of carbonyl (C=O) groups is 2. The van der Waals surface area contributed by atoms with Crippen LogP contribution in [0.2, 0.25) is 0 Å². The van der Waals surface area contributed by atoms with Crippen LogP contribution in [0.15, 0.2) is 48.5 Å². The summed E-state index contributed by atoms with van der Waals surface area (Å²) in [6.45, 7) is 6.22. The van der Waals surface area contributed by atoms with Gasteiger partial charge in [-0.2, -0.15) is 0 Å². The van der Waals surface area contributed by atoms with Crippen molar-refractivity contribution in [2.75, 3.05) is 0 Å². The maximum Gasteiger partial charge on any atom is 0.343 e. The molecule has 2 aromatic rings. The molecule has 2 rings (SSSR count). The van der Waals surface area contributed by atoms with Crippen molar-refractivity contribution in [3.8, 4) is 5.75 Å². The van der Waals surface area contributed by atoms with Crippen molar-refractivity contribution in [2.45, 2.75) is 71.8 Å². The van der Waals surface area contributed by atoms with E-state index in [1.165, 1.54) is 5.56 Å². The number of unbranched alkanes of at least 4 members (excludes halogenated alkanes) is 3. The van der Waals surface area contributed by atoms with Crippen molar-refractivity contribution in [3.63, 3.8) is 0 Å². The number of hydrogen-bond donors (Lipinski definition) is 0. The van der Waals surface area contributed by atoms with Crippen LogP contribution < -0.4 is 4.74 Å². The molecule has 0 spiro atoms. The van der Waals surface area contributed by atoms with Gasteiger partial charge in [0.25, 0.3) is 0 Å². The Hall–Kier alpha value is -2.62. The maximum atomic E-state index is 12.3. The predicted molar refractivity (Wildman–Crippen MR) is 115 cm³/mol. The summed E-state index contributed by atoms with van der Waals surface area (Å²) >= 11 is 0. The first-order chi connectivity index (χ1) is 14.0. The van der Waals surface area contributed by atoms with E-state index < -0.39 is 5.97 Å². The Morgan fingerprint density at radius 3 is 2.00 bits per heavy atom. The van der Waals surface area contributed by atoms with E-state index in [1.807, 2.05) is 19.1 Å². The molecule has 4 nitrogen and oxygen atoms in total. The van der Waals surface area contributed by atoms with Gasteiger partial charge in [-0.3, -0.25) is 0 Å². The third kappa shape index (κ3) is 7.72. The van der Waals surface area contributed by atoms with Crippen molar-refractivity contribution < 1.29 is 19.1 Å². The highest BCUT2D eigenvalue weighted by Crippen LogP contribution is 2.17. The molecule has 0 bridgehead atoms. The van der Waals surface area contributed by atoms with Crippen molar-refractivity contribution in [2.24, 2.45) is 0 Å². The summed E-state index contributed by atoms with van der Waals surface area (Å²) in [7, 11) is 0. The minimum atomic E-state index is -0.410. The quantitative estimate of drug-likeness (QED) is 0.251. The Labute approximate surface area is 174 Å². The standard InChI is InChI=1S/C25H32O4/c1-4-6-8-9-19(3)28-24(26)22-15-17-23(18-16-22)29-25(27)21-13-11-20(12-14-21)10-7-5-2/h11-19H,4-10H2,1-3H3. The van der Waals surface area contributed by atoms with Gasteiger partial charge in [0.2, 0.25) is 0 Å². The van der Waals surface area contributed by atoms with Gasteiger partial charge in [-0.25, -0.2) is 9.59 Å². The minimum Gasteiger partial charge on any atom is -0.459 e. The molecule has 0 fully saturated rings. The van der Waals surface area contributed by atoms with E-state index in [0.717, 1.165) is 44.9 Å². The van der Waals surface area contributed by atoms with Gasteiger partial charge in [0.15, 0.2) is 0 Å². The molecule has 1 atom stereocenters. The van der Waals surface area contributed by atoms with Gasteiger partial charge in [0.05, 0.1) is 17.2 Å². The third-order valence-electron chi connectivity index (χ3n) is 4.83. The summed E-state index contributed by atoms with van der Waals surface area (Å²) in [5.74, 6) is -0.362. The van der Waals surface area contributed by atoms with Crippen LogP contribution in [0.1, 0.15) is 85.6 Å². The fourth-order valence-electron chi connectivity index (χ4n) is 3.00. The number of benzene rings is 2. The lowest BCUT2D eigenvalue weighted by Gasteiger charge is -2.13. The smallest absolute Gasteiger partial charge is 0.343 e. The summed E-state index contributed by atoms with van der Waals surface area (Å²) in [6.07, 6.45) is 7.40. The topological polar surface area (TPSA) is 52.6 Å². The number of esters is 2. The summed E-state index contributed by atoms with van der Waals surface area (Å²) in [5, 5.41) is 0. The molecule has 29 heavy (non-hydrogen) atoms.